The van der Waals surface area contributed by atoms with Crippen molar-refractivity contribution in [3.8, 4) is 0 Å². The van der Waals surface area contributed by atoms with E-state index in [0.29, 0.717) is 0 Å². The summed E-state index contributed by atoms with van der Waals surface area (Å²) < 4.78 is 68.4. The summed E-state index contributed by atoms with van der Waals surface area (Å²) in [4.78, 5) is 0.00357. The van der Waals surface area contributed by atoms with Gasteiger partial charge in [-0.1, -0.05) is 52.3 Å². The number of anilines is 2. The monoisotopic (exact) mass is 548 g/mol. The highest BCUT2D eigenvalue weighted by Gasteiger charge is 2.39. The number of sulfonamides is 1. The maximum atomic E-state index is 13.0. The molecular weight excluding hydrogens is 529 g/mol. The van der Waals surface area contributed by atoms with Gasteiger partial charge in [0.1, 0.15) is 0 Å². The Morgan fingerprint density at radius 2 is 1.76 bits per heavy atom. The van der Waals surface area contributed by atoms with Crippen molar-refractivity contribution in [2.45, 2.75) is 29.5 Å². The van der Waals surface area contributed by atoms with Crippen molar-refractivity contribution in [2.24, 2.45) is 5.92 Å². The Hall–Kier alpha value is -2.78. The minimum absolute atomic E-state index is 0.00357. The van der Waals surface area contributed by atoms with Gasteiger partial charge in [0.25, 0.3) is 10.0 Å². The van der Waals surface area contributed by atoms with Crippen LogP contribution < -0.4 is 10.0 Å². The lowest BCUT2D eigenvalue weighted by Gasteiger charge is -2.38. The van der Waals surface area contributed by atoms with E-state index in [1.54, 1.807) is 12.1 Å². The third kappa shape index (κ3) is 4.22. The summed E-state index contributed by atoms with van der Waals surface area (Å²) in [5.74, 6) is 0.234. The van der Waals surface area contributed by atoms with Crippen molar-refractivity contribution in [3.63, 3.8) is 0 Å². The van der Waals surface area contributed by atoms with Gasteiger partial charge in [-0.05, 0) is 65.9 Å². The number of allylic oxidation sites excluding steroid dienone is 2. The Morgan fingerprint density at radius 3 is 2.53 bits per heavy atom. The molecule has 0 spiro atoms. The highest BCUT2D eigenvalue weighted by molar-refractivity contribution is 9.10. The molecule has 1 aliphatic heterocycles. The molecule has 1 aliphatic carbocycles. The largest absolute Gasteiger partial charge is 0.416 e. The van der Waals surface area contributed by atoms with Crippen LogP contribution in [0.4, 0.5) is 24.5 Å². The molecule has 2 aliphatic rings. The van der Waals surface area contributed by atoms with E-state index in [4.69, 9.17) is 0 Å². The van der Waals surface area contributed by atoms with Crippen molar-refractivity contribution in [2.75, 3.05) is 10.0 Å². The molecule has 4 nitrogen and oxygen atoms in total. The first-order valence-corrected chi connectivity index (χ1v) is 12.9. The van der Waals surface area contributed by atoms with Gasteiger partial charge in [-0.2, -0.15) is 13.2 Å². The predicted molar refractivity (Wildman–Crippen MR) is 129 cm³/mol. The SMILES string of the molecule is O=S(=O)(Nc1cccc(C(F)(F)F)c1)c1ccc2c(c1)[C@H]1C=CC[C@@H]1[C@H](c1ccccc1Br)N2. The van der Waals surface area contributed by atoms with Gasteiger partial charge in [-0.25, -0.2) is 8.42 Å². The lowest BCUT2D eigenvalue weighted by Crippen LogP contribution is -2.29. The van der Waals surface area contributed by atoms with Gasteiger partial charge in [-0.3, -0.25) is 4.72 Å². The average Bonchev–Trinajstić information content (AvgIpc) is 3.28. The average molecular weight is 549 g/mol. The van der Waals surface area contributed by atoms with Crippen molar-refractivity contribution >= 4 is 37.3 Å². The second-order valence-electron chi connectivity index (χ2n) is 8.43. The van der Waals surface area contributed by atoms with Crippen LogP contribution >= 0.6 is 15.9 Å². The van der Waals surface area contributed by atoms with Gasteiger partial charge in [-0.15, -0.1) is 0 Å². The first-order chi connectivity index (χ1) is 16.1. The van der Waals surface area contributed by atoms with Crippen LogP contribution in [0.5, 0.6) is 0 Å². The second-order valence-corrected chi connectivity index (χ2v) is 11.0. The molecule has 0 fully saturated rings. The molecule has 0 saturated heterocycles. The van der Waals surface area contributed by atoms with Crippen molar-refractivity contribution < 1.29 is 21.6 Å². The summed E-state index contributed by atoms with van der Waals surface area (Å²) >= 11 is 3.64. The summed E-state index contributed by atoms with van der Waals surface area (Å²) in [7, 11) is -4.09. The molecule has 0 unspecified atom stereocenters. The highest BCUT2D eigenvalue weighted by Crippen LogP contribution is 2.51. The fourth-order valence-electron chi connectivity index (χ4n) is 4.75. The number of halogens is 4. The first kappa shape index (κ1) is 23.0. The molecule has 176 valence electrons. The molecule has 2 N–H and O–H groups in total. The zero-order valence-electron chi connectivity index (χ0n) is 17.7. The van der Waals surface area contributed by atoms with E-state index in [1.807, 2.05) is 18.2 Å². The standard InChI is InChI=1S/C25H20BrF3N2O2S/c26-22-10-2-1-7-20(22)24-19-9-4-8-18(19)21-14-17(11-12-23(21)30-24)34(32,33)31-16-6-3-5-15(13-16)25(27,28)29/h1-8,10-14,18-19,24,30-31H,9H2/t18-,19-,24+/m0/s1. The maximum absolute atomic E-state index is 13.0. The lowest BCUT2D eigenvalue weighted by molar-refractivity contribution is -0.137. The van der Waals surface area contributed by atoms with E-state index in [2.05, 4.69) is 44.2 Å². The van der Waals surface area contributed by atoms with Gasteiger partial charge >= 0.3 is 6.18 Å². The Bertz CT molecular complexity index is 1390. The lowest BCUT2D eigenvalue weighted by atomic mass is 9.77. The number of nitrogens with one attached hydrogen (secondary N) is 2. The van der Waals surface area contributed by atoms with Crippen molar-refractivity contribution in [1.82, 2.24) is 0 Å². The van der Waals surface area contributed by atoms with Gasteiger partial charge in [0.2, 0.25) is 0 Å². The van der Waals surface area contributed by atoms with Crippen LogP contribution in [-0.2, 0) is 16.2 Å². The summed E-state index contributed by atoms with van der Waals surface area (Å²) in [5, 5.41) is 3.57. The van der Waals surface area contributed by atoms with Gasteiger partial charge in [0.05, 0.1) is 16.5 Å². The molecule has 0 radical (unpaired) electrons. The van der Waals surface area contributed by atoms with Crippen molar-refractivity contribution in [3.05, 3.63) is 100 Å². The summed E-state index contributed by atoms with van der Waals surface area (Å²) in [6, 6.07) is 17.0. The topological polar surface area (TPSA) is 58.2 Å². The van der Waals surface area contributed by atoms with Crippen LogP contribution in [0, 0.1) is 5.92 Å². The third-order valence-corrected chi connectivity index (χ3v) is 8.43. The molecule has 1 heterocycles. The number of benzene rings is 3. The van der Waals surface area contributed by atoms with Gasteiger partial charge in [0.15, 0.2) is 0 Å². The van der Waals surface area contributed by atoms with E-state index >= 15 is 0 Å². The fraction of sp³-hybridized carbons (Fsp3) is 0.200. The van der Waals surface area contributed by atoms with Crippen LogP contribution in [0.15, 0.2) is 88.3 Å². The van der Waals surface area contributed by atoms with Crippen LogP contribution in [0.2, 0.25) is 0 Å². The zero-order chi connectivity index (χ0) is 24.1. The van der Waals surface area contributed by atoms with E-state index in [-0.39, 0.29) is 28.5 Å². The summed E-state index contributed by atoms with van der Waals surface area (Å²) in [6.45, 7) is 0. The molecule has 3 atom stereocenters. The van der Waals surface area contributed by atoms with E-state index in [9.17, 15) is 21.6 Å². The highest BCUT2D eigenvalue weighted by atomic mass is 79.9. The number of hydrogen-bond donors (Lipinski definition) is 2. The molecule has 0 saturated carbocycles. The second kappa shape index (κ2) is 8.46. The Kier molecular flexibility index (Phi) is 5.72. The molecule has 34 heavy (non-hydrogen) atoms. The van der Waals surface area contributed by atoms with Crippen molar-refractivity contribution in [1.29, 1.82) is 0 Å². The quantitative estimate of drug-likeness (QED) is 0.342. The minimum Gasteiger partial charge on any atom is -0.378 e. The van der Waals surface area contributed by atoms with Gasteiger partial charge in [0, 0.05) is 21.8 Å². The molecule has 3 aromatic carbocycles. The van der Waals surface area contributed by atoms with Crippen LogP contribution in [-0.4, -0.2) is 8.42 Å². The molecule has 3 aromatic rings. The summed E-state index contributed by atoms with van der Waals surface area (Å²) in [5.41, 5.74) is 1.77. The summed E-state index contributed by atoms with van der Waals surface area (Å²) in [6.07, 6.45) is 0.498. The molecule has 0 bridgehead atoms. The smallest absolute Gasteiger partial charge is 0.378 e. The van der Waals surface area contributed by atoms with E-state index in [1.165, 1.54) is 18.2 Å². The molecular formula is C25H20BrF3N2O2S. The Labute approximate surface area is 204 Å². The fourth-order valence-corrected chi connectivity index (χ4v) is 6.36. The minimum atomic E-state index is -4.56. The number of hydrogen-bond acceptors (Lipinski definition) is 3. The van der Waals surface area contributed by atoms with Crippen LogP contribution in [0.25, 0.3) is 0 Å². The molecule has 0 aromatic heterocycles. The molecule has 9 heteroatoms. The molecule has 5 rings (SSSR count). The predicted octanol–water partition coefficient (Wildman–Crippen LogP) is 7.10. The van der Waals surface area contributed by atoms with Gasteiger partial charge < -0.3 is 5.32 Å². The van der Waals surface area contributed by atoms with Crippen LogP contribution in [0.3, 0.4) is 0 Å². The number of rotatable bonds is 4. The van der Waals surface area contributed by atoms with Crippen LogP contribution in [0.1, 0.15) is 35.1 Å². The zero-order valence-corrected chi connectivity index (χ0v) is 20.1. The van der Waals surface area contributed by atoms with E-state index < -0.39 is 21.8 Å². The normalized spacial score (nSPS) is 21.5. The number of alkyl halides is 3. The molecule has 0 amide bonds. The maximum Gasteiger partial charge on any atom is 0.416 e. The third-order valence-electron chi connectivity index (χ3n) is 6.33. The Morgan fingerprint density at radius 1 is 0.971 bits per heavy atom. The first-order valence-electron chi connectivity index (χ1n) is 10.7. The van der Waals surface area contributed by atoms with E-state index in [0.717, 1.165) is 39.8 Å². The Balaban J connectivity index is 1.47. The number of fused-ring (bicyclic) bond motifs is 3.